The molecule has 0 spiro atoms. The van der Waals surface area contributed by atoms with Gasteiger partial charge in [-0.2, -0.15) is 0 Å². The summed E-state index contributed by atoms with van der Waals surface area (Å²) in [7, 11) is 1.81. The highest BCUT2D eigenvalue weighted by Gasteiger charge is 2.06. The molecule has 0 unspecified atom stereocenters. The topological polar surface area (TPSA) is 53.6 Å². The van der Waals surface area contributed by atoms with Crippen LogP contribution in [-0.2, 0) is 0 Å². The van der Waals surface area contributed by atoms with E-state index in [1.165, 1.54) is 5.39 Å². The number of hydrogen-bond acceptors (Lipinski definition) is 3. The minimum absolute atomic E-state index is 0.633. The predicted octanol–water partition coefficient (Wildman–Crippen LogP) is 2.67. The fraction of sp³-hybridized carbons (Fsp3) is 0.0769. The van der Waals surface area contributed by atoms with Gasteiger partial charge >= 0.3 is 0 Å². The molecule has 0 radical (unpaired) electrons. The molecule has 0 saturated heterocycles. The van der Waals surface area contributed by atoms with Crippen LogP contribution in [0.25, 0.3) is 22.0 Å². The average molecular weight is 224 g/mol. The second-order valence-corrected chi connectivity index (χ2v) is 3.79. The van der Waals surface area contributed by atoms with Crippen LogP contribution in [0.3, 0.4) is 0 Å². The van der Waals surface area contributed by atoms with E-state index in [1.54, 1.807) is 7.05 Å². The highest BCUT2D eigenvalue weighted by molar-refractivity contribution is 5.95. The Morgan fingerprint density at radius 3 is 2.65 bits per heavy atom. The van der Waals surface area contributed by atoms with E-state index in [4.69, 9.17) is 0 Å². The second kappa shape index (κ2) is 3.90. The van der Waals surface area contributed by atoms with Crippen molar-refractivity contribution in [2.24, 2.45) is 0 Å². The summed E-state index contributed by atoms with van der Waals surface area (Å²) in [5.41, 5.74) is 3.27. The lowest BCUT2D eigenvalue weighted by atomic mass is 10.1. The van der Waals surface area contributed by atoms with Gasteiger partial charge in [0, 0.05) is 47.7 Å². The largest absolute Gasteiger partial charge is 0.361 e. The number of aromatic nitrogens is 3. The summed E-state index contributed by atoms with van der Waals surface area (Å²) in [5, 5.41) is 4.09. The fourth-order valence-electron chi connectivity index (χ4n) is 1.91. The number of fused-ring (bicyclic) bond motifs is 1. The summed E-state index contributed by atoms with van der Waals surface area (Å²) >= 11 is 0. The van der Waals surface area contributed by atoms with Crippen molar-refractivity contribution < 1.29 is 0 Å². The summed E-state index contributed by atoms with van der Waals surface area (Å²) in [6.45, 7) is 0. The Kier molecular flexibility index (Phi) is 2.26. The molecule has 0 aliphatic heterocycles. The predicted molar refractivity (Wildman–Crippen MR) is 68.9 cm³/mol. The molecule has 84 valence electrons. The summed E-state index contributed by atoms with van der Waals surface area (Å²) < 4.78 is 0. The zero-order valence-corrected chi connectivity index (χ0v) is 9.44. The van der Waals surface area contributed by atoms with Crippen LogP contribution in [0.15, 0.2) is 42.9 Å². The van der Waals surface area contributed by atoms with Crippen LogP contribution in [0.4, 0.5) is 5.95 Å². The van der Waals surface area contributed by atoms with E-state index in [1.807, 2.05) is 30.7 Å². The standard InChI is InChI=1S/C13H12N4/c1-14-13-16-6-9(7-17-13)11-8-15-12-5-3-2-4-10(11)12/h2-8,15H,1H3,(H,14,16,17). The molecule has 0 saturated carbocycles. The first-order chi connectivity index (χ1) is 8.38. The second-order valence-electron chi connectivity index (χ2n) is 3.79. The number of nitrogens with zero attached hydrogens (tertiary/aromatic N) is 2. The lowest BCUT2D eigenvalue weighted by Crippen LogP contribution is -1.94. The average Bonchev–Trinajstić information content (AvgIpc) is 2.83. The Morgan fingerprint density at radius 1 is 1.12 bits per heavy atom. The number of nitrogens with one attached hydrogen (secondary N) is 2. The molecule has 3 aromatic rings. The number of H-pyrrole nitrogens is 1. The molecular weight excluding hydrogens is 212 g/mol. The fourth-order valence-corrected chi connectivity index (χ4v) is 1.91. The molecule has 0 aliphatic rings. The van der Waals surface area contributed by atoms with Gasteiger partial charge in [0.25, 0.3) is 0 Å². The van der Waals surface area contributed by atoms with Gasteiger partial charge in [-0.05, 0) is 6.07 Å². The van der Waals surface area contributed by atoms with E-state index in [0.29, 0.717) is 5.95 Å². The van der Waals surface area contributed by atoms with Crippen molar-refractivity contribution in [1.82, 2.24) is 15.0 Å². The number of rotatable bonds is 2. The molecule has 0 amide bonds. The van der Waals surface area contributed by atoms with Gasteiger partial charge in [-0.1, -0.05) is 18.2 Å². The number of benzene rings is 1. The number of para-hydroxylation sites is 1. The molecule has 0 aliphatic carbocycles. The number of anilines is 1. The Balaban J connectivity index is 2.13. The van der Waals surface area contributed by atoms with E-state index in [-0.39, 0.29) is 0 Å². The lowest BCUT2D eigenvalue weighted by molar-refractivity contribution is 1.15. The SMILES string of the molecule is CNc1ncc(-c2c[nH]c3ccccc23)cn1. The summed E-state index contributed by atoms with van der Waals surface area (Å²) in [5.74, 6) is 0.633. The molecule has 4 nitrogen and oxygen atoms in total. The smallest absolute Gasteiger partial charge is 0.222 e. The Labute approximate surface area is 98.7 Å². The van der Waals surface area contributed by atoms with Gasteiger partial charge in [0.05, 0.1) is 0 Å². The zero-order valence-electron chi connectivity index (χ0n) is 9.44. The Bertz CT molecular complexity index is 640. The highest BCUT2D eigenvalue weighted by Crippen LogP contribution is 2.27. The molecule has 17 heavy (non-hydrogen) atoms. The zero-order chi connectivity index (χ0) is 11.7. The maximum Gasteiger partial charge on any atom is 0.222 e. The third-order valence-corrected chi connectivity index (χ3v) is 2.78. The van der Waals surface area contributed by atoms with Crippen LogP contribution < -0.4 is 5.32 Å². The summed E-state index contributed by atoms with van der Waals surface area (Å²) in [6, 6.07) is 8.19. The quantitative estimate of drug-likeness (QED) is 0.703. The Hall–Kier alpha value is -2.36. The molecule has 1 aromatic carbocycles. The first-order valence-corrected chi connectivity index (χ1v) is 5.45. The number of hydrogen-bond donors (Lipinski definition) is 2. The van der Waals surface area contributed by atoms with Gasteiger partial charge in [-0.25, -0.2) is 9.97 Å². The van der Waals surface area contributed by atoms with Crippen molar-refractivity contribution in [2.75, 3.05) is 12.4 Å². The molecule has 0 fully saturated rings. The molecular formula is C13H12N4. The molecule has 0 atom stereocenters. The molecule has 2 heterocycles. The van der Waals surface area contributed by atoms with Crippen LogP contribution in [0.2, 0.25) is 0 Å². The first kappa shape index (κ1) is 9.84. The van der Waals surface area contributed by atoms with E-state index in [0.717, 1.165) is 16.6 Å². The van der Waals surface area contributed by atoms with Crippen LogP contribution in [-0.4, -0.2) is 22.0 Å². The highest BCUT2D eigenvalue weighted by atomic mass is 15.1. The van der Waals surface area contributed by atoms with Gasteiger partial charge in [-0.3, -0.25) is 0 Å². The van der Waals surface area contributed by atoms with Crippen LogP contribution >= 0.6 is 0 Å². The van der Waals surface area contributed by atoms with Crippen molar-refractivity contribution in [2.45, 2.75) is 0 Å². The first-order valence-electron chi connectivity index (χ1n) is 5.45. The van der Waals surface area contributed by atoms with Crippen LogP contribution in [0.5, 0.6) is 0 Å². The number of aromatic amines is 1. The van der Waals surface area contributed by atoms with Crippen molar-refractivity contribution in [3.05, 3.63) is 42.9 Å². The Morgan fingerprint density at radius 2 is 1.88 bits per heavy atom. The van der Waals surface area contributed by atoms with Gasteiger partial charge in [0.1, 0.15) is 0 Å². The van der Waals surface area contributed by atoms with Gasteiger partial charge in [0.2, 0.25) is 5.95 Å². The van der Waals surface area contributed by atoms with Crippen LogP contribution in [0.1, 0.15) is 0 Å². The molecule has 3 rings (SSSR count). The third kappa shape index (κ3) is 1.63. The maximum absolute atomic E-state index is 4.22. The van der Waals surface area contributed by atoms with Crippen molar-refractivity contribution in [3.63, 3.8) is 0 Å². The minimum Gasteiger partial charge on any atom is -0.361 e. The van der Waals surface area contributed by atoms with E-state index >= 15 is 0 Å². The van der Waals surface area contributed by atoms with Crippen LogP contribution in [0, 0.1) is 0 Å². The van der Waals surface area contributed by atoms with Gasteiger partial charge in [0.15, 0.2) is 0 Å². The van der Waals surface area contributed by atoms with Crippen molar-refractivity contribution in [1.29, 1.82) is 0 Å². The summed E-state index contributed by atoms with van der Waals surface area (Å²) in [4.78, 5) is 11.7. The lowest BCUT2D eigenvalue weighted by Gasteiger charge is -2.00. The molecule has 2 N–H and O–H groups in total. The van der Waals surface area contributed by atoms with Crippen molar-refractivity contribution >= 4 is 16.9 Å². The van der Waals surface area contributed by atoms with E-state index < -0.39 is 0 Å². The molecule has 2 aromatic heterocycles. The van der Waals surface area contributed by atoms with Crippen molar-refractivity contribution in [3.8, 4) is 11.1 Å². The van der Waals surface area contributed by atoms with E-state index in [2.05, 4.69) is 32.4 Å². The van der Waals surface area contributed by atoms with Gasteiger partial charge < -0.3 is 10.3 Å². The van der Waals surface area contributed by atoms with Gasteiger partial charge in [-0.15, -0.1) is 0 Å². The van der Waals surface area contributed by atoms with E-state index in [9.17, 15) is 0 Å². The third-order valence-electron chi connectivity index (χ3n) is 2.78. The normalized spacial score (nSPS) is 10.6. The minimum atomic E-state index is 0.633. The maximum atomic E-state index is 4.22. The monoisotopic (exact) mass is 224 g/mol. The summed E-state index contributed by atoms with van der Waals surface area (Å²) in [6.07, 6.45) is 5.64. The molecule has 0 bridgehead atoms. The molecule has 4 heteroatoms.